The fourth-order valence-corrected chi connectivity index (χ4v) is 1.82. The Morgan fingerprint density at radius 1 is 1.14 bits per heavy atom. The van der Waals surface area contributed by atoms with Crippen molar-refractivity contribution in [2.75, 3.05) is 18.6 Å². The number of methoxy groups -OCH3 is 1. The van der Waals surface area contributed by atoms with Gasteiger partial charge in [-0.3, -0.25) is 4.79 Å². The molecule has 122 valence electrons. The van der Waals surface area contributed by atoms with Crippen LogP contribution in [0.5, 0.6) is 0 Å². The number of aryl methyl sites for hydroxylation is 1. The average molecular weight is 320 g/mol. The van der Waals surface area contributed by atoms with Gasteiger partial charge in [0, 0.05) is 11.8 Å². The number of carbonyl (C=O) groups is 1. The molecule has 0 unspecified atom stereocenters. The van der Waals surface area contributed by atoms with E-state index in [1.54, 1.807) is 11.8 Å². The molecule has 0 aliphatic rings. The van der Waals surface area contributed by atoms with Gasteiger partial charge in [0.2, 0.25) is 0 Å². The lowest BCUT2D eigenvalue weighted by Crippen LogP contribution is -2.00. The van der Waals surface area contributed by atoms with Gasteiger partial charge < -0.3 is 4.74 Å². The second-order valence-electron chi connectivity index (χ2n) is 3.65. The van der Waals surface area contributed by atoms with Crippen molar-refractivity contribution in [3.05, 3.63) is 35.4 Å². The second kappa shape index (κ2) is 15.3. The van der Waals surface area contributed by atoms with Gasteiger partial charge in [0.05, 0.1) is 13.5 Å². The van der Waals surface area contributed by atoms with Crippen LogP contribution in [-0.2, 0) is 16.0 Å². The van der Waals surface area contributed by atoms with Gasteiger partial charge in [-0.25, -0.2) is 8.78 Å². The van der Waals surface area contributed by atoms with Gasteiger partial charge in [0.1, 0.15) is 11.6 Å². The highest BCUT2D eigenvalue weighted by Crippen LogP contribution is 2.07. The molecule has 1 rings (SSSR count). The Balaban J connectivity index is 0. The third-order valence-electron chi connectivity index (χ3n) is 2.21. The first kappa shape index (κ1) is 22.2. The molecule has 0 amide bonds. The highest BCUT2D eigenvalue weighted by Gasteiger charge is 1.97. The van der Waals surface area contributed by atoms with Crippen molar-refractivity contribution in [3.8, 4) is 0 Å². The highest BCUT2D eigenvalue weighted by atomic mass is 32.2. The summed E-state index contributed by atoms with van der Waals surface area (Å²) in [6.07, 6.45) is 1.20. The lowest BCUT2D eigenvalue weighted by atomic mass is 10.2. The van der Waals surface area contributed by atoms with Crippen LogP contribution in [-0.4, -0.2) is 24.6 Å². The van der Waals surface area contributed by atoms with Crippen molar-refractivity contribution in [2.45, 2.75) is 40.5 Å². The predicted octanol–water partition coefficient (Wildman–Crippen LogP) is 4.86. The third-order valence-corrected chi connectivity index (χ3v) is 3.11. The van der Waals surface area contributed by atoms with E-state index in [9.17, 15) is 13.6 Å². The van der Waals surface area contributed by atoms with E-state index < -0.39 is 11.6 Å². The van der Waals surface area contributed by atoms with E-state index in [4.69, 9.17) is 0 Å². The Morgan fingerprint density at radius 3 is 2.05 bits per heavy atom. The lowest BCUT2D eigenvalue weighted by molar-refractivity contribution is -0.140. The zero-order valence-electron chi connectivity index (χ0n) is 13.5. The molecule has 0 fully saturated rings. The van der Waals surface area contributed by atoms with Crippen LogP contribution in [0.3, 0.4) is 0 Å². The summed E-state index contributed by atoms with van der Waals surface area (Å²) in [5.41, 5.74) is 0.692. The van der Waals surface area contributed by atoms with E-state index >= 15 is 0 Å². The largest absolute Gasteiger partial charge is 0.469 e. The Kier molecular flexibility index (Phi) is 16.2. The van der Waals surface area contributed by atoms with Crippen LogP contribution in [0.2, 0.25) is 0 Å². The maximum absolute atomic E-state index is 12.4. The molecule has 21 heavy (non-hydrogen) atoms. The molecule has 0 bridgehead atoms. The predicted molar refractivity (Wildman–Crippen MR) is 86.7 cm³/mol. The Bertz CT molecular complexity index is 364. The number of thioether (sulfide) groups is 1. The summed E-state index contributed by atoms with van der Waals surface area (Å²) in [5, 5.41) is 0. The molecule has 5 heteroatoms. The molecule has 0 aliphatic heterocycles. The fraction of sp³-hybridized carbons (Fsp3) is 0.562. The van der Waals surface area contributed by atoms with Crippen molar-refractivity contribution in [1.29, 1.82) is 0 Å². The number of esters is 1. The van der Waals surface area contributed by atoms with Crippen LogP contribution >= 0.6 is 11.8 Å². The summed E-state index contributed by atoms with van der Waals surface area (Å²) < 4.78 is 29.2. The Hall–Kier alpha value is -1.10. The molecule has 0 aromatic heterocycles. The summed E-state index contributed by atoms with van der Waals surface area (Å²) in [7, 11) is 1.42. The van der Waals surface area contributed by atoms with Gasteiger partial charge in [-0.1, -0.05) is 27.7 Å². The number of hydrogen-bond donors (Lipinski definition) is 0. The minimum absolute atomic E-state index is 0.115. The summed E-state index contributed by atoms with van der Waals surface area (Å²) in [4.78, 5) is 10.5. The molecule has 0 heterocycles. The molecule has 0 atom stereocenters. The highest BCUT2D eigenvalue weighted by molar-refractivity contribution is 7.99. The number of carbonyl (C=O) groups excluding carboxylic acids is 1. The van der Waals surface area contributed by atoms with Gasteiger partial charge >= 0.3 is 5.97 Å². The van der Waals surface area contributed by atoms with Gasteiger partial charge in [0.15, 0.2) is 0 Å². The van der Waals surface area contributed by atoms with Gasteiger partial charge in [-0.15, -0.1) is 0 Å². The molecule has 0 radical (unpaired) electrons. The van der Waals surface area contributed by atoms with Crippen molar-refractivity contribution in [3.63, 3.8) is 0 Å². The van der Waals surface area contributed by atoms with Crippen LogP contribution in [0.25, 0.3) is 0 Å². The minimum Gasteiger partial charge on any atom is -0.469 e. The first-order valence-corrected chi connectivity index (χ1v) is 8.28. The quantitative estimate of drug-likeness (QED) is 0.573. The normalized spacial score (nSPS) is 8.90. The van der Waals surface area contributed by atoms with E-state index in [1.807, 2.05) is 20.8 Å². The number of rotatable bonds is 5. The first-order valence-electron chi connectivity index (χ1n) is 7.13. The summed E-state index contributed by atoms with van der Waals surface area (Å²) in [6.45, 7) is 7.93. The monoisotopic (exact) mass is 320 g/mol. The topological polar surface area (TPSA) is 26.3 Å². The number of halogens is 2. The lowest BCUT2D eigenvalue weighted by Gasteiger charge is -1.95. The first-order chi connectivity index (χ1) is 10.0. The molecule has 0 spiro atoms. The molecule has 0 saturated carbocycles. The molecule has 0 aliphatic carbocycles. The van der Waals surface area contributed by atoms with E-state index in [1.165, 1.54) is 19.2 Å². The Labute approximate surface area is 131 Å². The van der Waals surface area contributed by atoms with Crippen molar-refractivity contribution in [2.24, 2.45) is 0 Å². The average Bonchev–Trinajstić information content (AvgIpc) is 2.49. The molecular formula is C16H26F2O2S. The van der Waals surface area contributed by atoms with E-state index in [0.717, 1.165) is 17.6 Å². The summed E-state index contributed by atoms with van der Waals surface area (Å²) in [6, 6.07) is 3.55. The summed E-state index contributed by atoms with van der Waals surface area (Å²) in [5.74, 6) is 0.824. The van der Waals surface area contributed by atoms with Crippen molar-refractivity contribution >= 4 is 17.7 Å². The zero-order chi connectivity index (χ0) is 16.7. The molecule has 0 N–H and O–H groups in total. The Morgan fingerprint density at radius 2 is 1.67 bits per heavy atom. The third kappa shape index (κ3) is 13.6. The van der Waals surface area contributed by atoms with E-state index in [0.29, 0.717) is 18.4 Å². The SMILES string of the molecule is CC.CCSCCC(=O)OC.CCc1cc(F)cc(F)c1. The molecule has 2 nitrogen and oxygen atoms in total. The minimum atomic E-state index is -0.503. The van der Waals surface area contributed by atoms with E-state index in [2.05, 4.69) is 11.7 Å². The second-order valence-corrected chi connectivity index (χ2v) is 5.05. The number of hydrogen-bond acceptors (Lipinski definition) is 3. The van der Waals surface area contributed by atoms with Crippen LogP contribution in [0.1, 0.15) is 39.7 Å². The van der Waals surface area contributed by atoms with E-state index in [-0.39, 0.29) is 5.97 Å². The number of benzene rings is 1. The maximum atomic E-state index is 12.4. The standard InChI is InChI=1S/C8H8F2.C6H12O2S.C2H6/c1-2-6-3-7(9)5-8(10)4-6;1-3-9-5-4-6(7)8-2;1-2/h3-5H,2H2,1H3;3-5H2,1-2H3;1-2H3. The molecule has 0 saturated heterocycles. The smallest absolute Gasteiger partial charge is 0.306 e. The number of ether oxygens (including phenoxy) is 1. The van der Waals surface area contributed by atoms with Crippen LogP contribution in [0, 0.1) is 11.6 Å². The summed E-state index contributed by atoms with van der Waals surface area (Å²) >= 11 is 1.75. The van der Waals surface area contributed by atoms with Crippen LogP contribution in [0.15, 0.2) is 18.2 Å². The van der Waals surface area contributed by atoms with Crippen LogP contribution < -0.4 is 0 Å². The van der Waals surface area contributed by atoms with Crippen LogP contribution in [0.4, 0.5) is 8.78 Å². The van der Waals surface area contributed by atoms with Gasteiger partial charge in [-0.2, -0.15) is 11.8 Å². The fourth-order valence-electron chi connectivity index (χ4n) is 1.22. The van der Waals surface area contributed by atoms with Gasteiger partial charge in [0.25, 0.3) is 0 Å². The van der Waals surface area contributed by atoms with Crippen molar-refractivity contribution < 1.29 is 18.3 Å². The molecular weight excluding hydrogens is 294 g/mol. The maximum Gasteiger partial charge on any atom is 0.306 e. The molecule has 1 aromatic rings. The zero-order valence-corrected chi connectivity index (χ0v) is 14.4. The van der Waals surface area contributed by atoms with Gasteiger partial charge in [-0.05, 0) is 29.9 Å². The van der Waals surface area contributed by atoms with Crippen molar-refractivity contribution in [1.82, 2.24) is 0 Å². The molecule has 1 aromatic carbocycles.